The smallest absolute Gasteiger partial charge is 0.346 e. The molecule has 0 saturated heterocycles. The van der Waals surface area contributed by atoms with Crippen LogP contribution >= 0.6 is 11.3 Å². The average molecular weight is 198 g/mol. The van der Waals surface area contributed by atoms with Gasteiger partial charge in [0.05, 0.1) is 0 Å². The van der Waals surface area contributed by atoms with Crippen molar-refractivity contribution in [1.29, 1.82) is 0 Å². The molecule has 0 radical (unpaired) electrons. The normalized spacial score (nSPS) is 10.5. The van der Waals surface area contributed by atoms with Crippen molar-refractivity contribution in [2.75, 3.05) is 0 Å². The molecular weight excluding hydrogens is 192 g/mol. The second kappa shape index (κ2) is 3.86. The minimum Gasteiger partial charge on any atom is -0.478 e. The lowest BCUT2D eigenvalue weighted by Gasteiger charge is -1.89. The van der Waals surface area contributed by atoms with Gasteiger partial charge < -0.3 is 10.2 Å². The zero-order valence-corrected chi connectivity index (χ0v) is 7.25. The summed E-state index contributed by atoms with van der Waals surface area (Å²) in [7, 11) is 0. The Balaban J connectivity index is 2.95. The van der Waals surface area contributed by atoms with E-state index < -0.39 is 11.9 Å². The zero-order chi connectivity index (χ0) is 9.84. The van der Waals surface area contributed by atoms with Crippen LogP contribution in [0, 0.1) is 0 Å². The molecule has 0 aliphatic heterocycles. The fourth-order valence-electron chi connectivity index (χ4n) is 0.785. The van der Waals surface area contributed by atoms with Crippen molar-refractivity contribution in [2.24, 2.45) is 0 Å². The number of rotatable bonds is 3. The molecule has 5 heteroatoms. The summed E-state index contributed by atoms with van der Waals surface area (Å²) in [6.45, 7) is 0. The van der Waals surface area contributed by atoms with E-state index >= 15 is 0 Å². The maximum atomic E-state index is 10.6. The molecular formula is C8H6O4S. The maximum absolute atomic E-state index is 10.6. The van der Waals surface area contributed by atoms with Crippen LogP contribution in [0.3, 0.4) is 0 Å². The van der Waals surface area contributed by atoms with Gasteiger partial charge >= 0.3 is 11.9 Å². The second-order valence-electron chi connectivity index (χ2n) is 2.18. The zero-order valence-electron chi connectivity index (χ0n) is 6.43. The van der Waals surface area contributed by atoms with Gasteiger partial charge in [-0.25, -0.2) is 9.59 Å². The highest BCUT2D eigenvalue weighted by molar-refractivity contribution is 7.12. The Morgan fingerprint density at radius 2 is 2.08 bits per heavy atom. The minimum atomic E-state index is -1.09. The Kier molecular flexibility index (Phi) is 2.81. The molecule has 1 aromatic heterocycles. The van der Waals surface area contributed by atoms with Crippen LogP contribution in [0.25, 0.3) is 6.08 Å². The summed E-state index contributed by atoms with van der Waals surface area (Å²) in [6.07, 6.45) is 2.18. The van der Waals surface area contributed by atoms with Gasteiger partial charge in [0.15, 0.2) is 0 Å². The van der Waals surface area contributed by atoms with Crippen molar-refractivity contribution in [1.82, 2.24) is 0 Å². The summed E-state index contributed by atoms with van der Waals surface area (Å²) in [4.78, 5) is 20.9. The Labute approximate surface area is 77.8 Å². The quantitative estimate of drug-likeness (QED) is 0.722. The van der Waals surface area contributed by atoms with Crippen molar-refractivity contribution in [3.8, 4) is 0 Å². The van der Waals surface area contributed by atoms with Crippen LogP contribution in [0.1, 0.15) is 15.2 Å². The number of aliphatic carboxylic acids is 1. The topological polar surface area (TPSA) is 74.6 Å². The van der Waals surface area contributed by atoms with Crippen molar-refractivity contribution < 1.29 is 19.8 Å². The summed E-state index contributed by atoms with van der Waals surface area (Å²) in [5.41, 5.74) is 0.417. The van der Waals surface area contributed by atoms with Gasteiger partial charge in [-0.3, -0.25) is 0 Å². The van der Waals surface area contributed by atoms with Crippen LogP contribution < -0.4 is 0 Å². The van der Waals surface area contributed by atoms with Crippen LogP contribution in [0.5, 0.6) is 0 Å². The average Bonchev–Trinajstić information content (AvgIpc) is 2.47. The lowest BCUT2D eigenvalue weighted by atomic mass is 10.2. The fraction of sp³-hybridized carbons (Fsp3) is 0. The second-order valence-corrected chi connectivity index (χ2v) is 3.10. The van der Waals surface area contributed by atoms with Gasteiger partial charge in [-0.05, 0) is 17.5 Å². The van der Waals surface area contributed by atoms with Gasteiger partial charge in [0.2, 0.25) is 0 Å². The molecule has 1 aromatic rings. The van der Waals surface area contributed by atoms with Crippen LogP contribution in [0.15, 0.2) is 17.5 Å². The number of aromatic carboxylic acids is 1. The minimum absolute atomic E-state index is 0.150. The molecule has 68 valence electrons. The Hall–Kier alpha value is -1.62. The fourth-order valence-corrected chi connectivity index (χ4v) is 1.51. The molecule has 0 aliphatic carbocycles. The molecule has 13 heavy (non-hydrogen) atoms. The molecule has 0 saturated carbocycles. The van der Waals surface area contributed by atoms with E-state index in [0.717, 1.165) is 17.4 Å². The van der Waals surface area contributed by atoms with Crippen LogP contribution in [0.2, 0.25) is 0 Å². The summed E-state index contributed by atoms with van der Waals surface area (Å²) in [5, 5.41) is 18.6. The lowest BCUT2D eigenvalue weighted by molar-refractivity contribution is -0.131. The van der Waals surface area contributed by atoms with Gasteiger partial charge in [0.1, 0.15) is 4.88 Å². The number of hydrogen-bond donors (Lipinski definition) is 2. The van der Waals surface area contributed by atoms with Gasteiger partial charge in [-0.1, -0.05) is 0 Å². The van der Waals surface area contributed by atoms with Crippen molar-refractivity contribution in [2.45, 2.75) is 0 Å². The van der Waals surface area contributed by atoms with E-state index in [2.05, 4.69) is 0 Å². The third-order valence-corrected chi connectivity index (χ3v) is 2.21. The summed E-state index contributed by atoms with van der Waals surface area (Å²) < 4.78 is 0. The predicted octanol–water partition coefficient (Wildman–Crippen LogP) is 1.54. The van der Waals surface area contributed by atoms with Crippen molar-refractivity contribution >= 4 is 29.4 Å². The first kappa shape index (κ1) is 9.47. The molecule has 0 unspecified atom stereocenters. The Morgan fingerprint density at radius 3 is 2.62 bits per heavy atom. The lowest BCUT2D eigenvalue weighted by Crippen LogP contribution is -1.94. The van der Waals surface area contributed by atoms with E-state index in [4.69, 9.17) is 10.2 Å². The van der Waals surface area contributed by atoms with Crippen LogP contribution in [-0.2, 0) is 4.79 Å². The highest BCUT2D eigenvalue weighted by Crippen LogP contribution is 2.17. The van der Waals surface area contributed by atoms with Crippen LogP contribution in [-0.4, -0.2) is 22.2 Å². The number of hydrogen-bond acceptors (Lipinski definition) is 3. The predicted molar refractivity (Wildman–Crippen MR) is 47.9 cm³/mol. The Bertz CT molecular complexity index is 364. The molecule has 0 aliphatic rings. The first-order chi connectivity index (χ1) is 6.11. The first-order valence-corrected chi connectivity index (χ1v) is 4.21. The van der Waals surface area contributed by atoms with E-state index in [9.17, 15) is 9.59 Å². The molecule has 1 heterocycles. The number of carboxylic acids is 2. The molecule has 0 fully saturated rings. The highest BCUT2D eigenvalue weighted by atomic mass is 32.1. The number of carboxylic acid groups (broad SMARTS) is 2. The van der Waals surface area contributed by atoms with E-state index in [1.54, 1.807) is 11.4 Å². The maximum Gasteiger partial charge on any atom is 0.346 e. The standard InChI is InChI=1S/C8H6O4S/c9-6(10)2-1-5-3-4-13-7(5)8(11)12/h1-4H,(H,9,10)(H,11,12). The Morgan fingerprint density at radius 1 is 1.38 bits per heavy atom. The van der Waals surface area contributed by atoms with Crippen molar-refractivity contribution in [3.63, 3.8) is 0 Å². The molecule has 0 amide bonds. The van der Waals surface area contributed by atoms with Gasteiger partial charge in [-0.15, -0.1) is 11.3 Å². The van der Waals surface area contributed by atoms with Gasteiger partial charge in [0, 0.05) is 11.6 Å². The van der Waals surface area contributed by atoms with Crippen molar-refractivity contribution in [3.05, 3.63) is 28.0 Å². The molecule has 0 bridgehead atoms. The molecule has 1 rings (SSSR count). The summed E-state index contributed by atoms with van der Waals surface area (Å²) >= 11 is 1.07. The third-order valence-electron chi connectivity index (χ3n) is 1.30. The first-order valence-electron chi connectivity index (χ1n) is 3.33. The molecule has 4 nitrogen and oxygen atoms in total. The molecule has 2 N–H and O–H groups in total. The van der Waals surface area contributed by atoms with Gasteiger partial charge in [-0.2, -0.15) is 0 Å². The third kappa shape index (κ3) is 2.41. The highest BCUT2D eigenvalue weighted by Gasteiger charge is 2.08. The van der Waals surface area contributed by atoms with E-state index in [1.165, 1.54) is 6.08 Å². The SMILES string of the molecule is O=C(O)C=Cc1ccsc1C(=O)O. The van der Waals surface area contributed by atoms with E-state index in [0.29, 0.717) is 5.56 Å². The van der Waals surface area contributed by atoms with E-state index in [1.807, 2.05) is 0 Å². The van der Waals surface area contributed by atoms with E-state index in [-0.39, 0.29) is 4.88 Å². The summed E-state index contributed by atoms with van der Waals surface area (Å²) in [5.74, 6) is -2.14. The van der Waals surface area contributed by atoms with Crippen LogP contribution in [0.4, 0.5) is 0 Å². The molecule has 0 atom stereocenters. The largest absolute Gasteiger partial charge is 0.478 e. The number of thiophene rings is 1. The van der Waals surface area contributed by atoms with Gasteiger partial charge in [0.25, 0.3) is 0 Å². The number of carbonyl (C=O) groups is 2. The molecule has 0 spiro atoms. The summed E-state index contributed by atoms with van der Waals surface area (Å²) in [6, 6.07) is 1.56. The monoisotopic (exact) mass is 198 g/mol. The molecule has 0 aromatic carbocycles.